The van der Waals surface area contributed by atoms with Gasteiger partial charge in [-0.15, -0.1) is 0 Å². The summed E-state index contributed by atoms with van der Waals surface area (Å²) in [6, 6.07) is 16.5. The topological polar surface area (TPSA) is 122 Å². The van der Waals surface area contributed by atoms with Crippen LogP contribution < -0.4 is 14.8 Å². The van der Waals surface area contributed by atoms with Crippen molar-refractivity contribution < 1.29 is 33.8 Å². The number of carbonyl (C=O) groups is 4. The number of aromatic carboxylic acids is 1. The number of carboxylic acid groups (broad SMARTS) is 1. The number of ether oxygens (including phenoxy) is 2. The van der Waals surface area contributed by atoms with Crippen LogP contribution in [0.4, 0.5) is 10.5 Å². The number of nitrogens with one attached hydrogen (secondary N) is 1. The van der Waals surface area contributed by atoms with E-state index in [1.54, 1.807) is 54.6 Å². The average Bonchev–Trinajstić information content (AvgIpc) is 3.16. The van der Waals surface area contributed by atoms with Crippen LogP contribution in [0.15, 0.2) is 74.5 Å². The van der Waals surface area contributed by atoms with Crippen molar-refractivity contribution in [3.05, 3.63) is 91.2 Å². The molecular weight excluding hydrogens is 656 g/mol. The summed E-state index contributed by atoms with van der Waals surface area (Å²) in [7, 11) is 1.53. The van der Waals surface area contributed by atoms with E-state index >= 15 is 0 Å². The van der Waals surface area contributed by atoms with Gasteiger partial charge in [-0.3, -0.25) is 19.3 Å². The average molecular weight is 676 g/mol. The number of amides is 3. The highest BCUT2D eigenvalue weighted by atomic mass is 79.9. The highest BCUT2D eigenvalue weighted by molar-refractivity contribution is 9.11. The molecule has 0 bridgehead atoms. The molecule has 12 heteroatoms. The molecule has 0 spiro atoms. The van der Waals surface area contributed by atoms with E-state index in [0.717, 1.165) is 22.2 Å². The lowest BCUT2D eigenvalue weighted by atomic mass is 10.1. The summed E-state index contributed by atoms with van der Waals surface area (Å²) in [4.78, 5) is 49.9. The molecule has 1 fully saturated rings. The van der Waals surface area contributed by atoms with E-state index < -0.39 is 29.6 Å². The van der Waals surface area contributed by atoms with Gasteiger partial charge in [0.2, 0.25) is 5.91 Å². The van der Waals surface area contributed by atoms with Crippen molar-refractivity contribution in [1.82, 2.24) is 4.90 Å². The van der Waals surface area contributed by atoms with Crippen molar-refractivity contribution in [3.63, 3.8) is 0 Å². The minimum absolute atomic E-state index is 0.184. The monoisotopic (exact) mass is 674 g/mol. The van der Waals surface area contributed by atoms with Crippen molar-refractivity contribution in [2.75, 3.05) is 19.0 Å². The first-order valence-corrected chi connectivity index (χ1v) is 13.7. The molecule has 0 saturated carbocycles. The van der Waals surface area contributed by atoms with E-state index in [1.807, 2.05) is 0 Å². The first kappa shape index (κ1) is 28.4. The Hall–Kier alpha value is -3.61. The fraction of sp³-hybridized carbons (Fsp3) is 0.111. The van der Waals surface area contributed by atoms with Crippen molar-refractivity contribution in [2.24, 2.45) is 0 Å². The number of benzene rings is 3. The fourth-order valence-corrected chi connectivity index (χ4v) is 5.79. The summed E-state index contributed by atoms with van der Waals surface area (Å²) in [5.41, 5.74) is 2.11. The van der Waals surface area contributed by atoms with Crippen LogP contribution in [0.5, 0.6) is 11.5 Å². The molecule has 4 rings (SSSR count). The van der Waals surface area contributed by atoms with Crippen LogP contribution in [0.1, 0.15) is 21.5 Å². The maximum atomic E-state index is 12.9. The van der Waals surface area contributed by atoms with Crippen LogP contribution in [0.2, 0.25) is 0 Å². The molecule has 1 saturated heterocycles. The summed E-state index contributed by atoms with van der Waals surface area (Å²) in [5, 5.41) is 11.1. The zero-order valence-corrected chi connectivity index (χ0v) is 24.3. The largest absolute Gasteiger partial charge is 0.497 e. The number of anilines is 1. The molecular formula is C27H20Br2N2O7S. The highest BCUT2D eigenvalue weighted by Crippen LogP contribution is 2.38. The molecule has 1 heterocycles. The Morgan fingerprint density at radius 2 is 1.67 bits per heavy atom. The molecule has 0 radical (unpaired) electrons. The number of methoxy groups -OCH3 is 1. The van der Waals surface area contributed by atoms with Gasteiger partial charge in [0.15, 0.2) is 0 Å². The quantitative estimate of drug-likeness (QED) is 0.258. The Labute approximate surface area is 244 Å². The van der Waals surface area contributed by atoms with E-state index in [2.05, 4.69) is 37.2 Å². The van der Waals surface area contributed by atoms with Gasteiger partial charge in [0.25, 0.3) is 11.1 Å². The van der Waals surface area contributed by atoms with E-state index in [-0.39, 0.29) is 17.1 Å². The van der Waals surface area contributed by atoms with E-state index in [9.17, 15) is 19.2 Å². The molecule has 0 unspecified atom stereocenters. The Morgan fingerprint density at radius 1 is 1.03 bits per heavy atom. The summed E-state index contributed by atoms with van der Waals surface area (Å²) < 4.78 is 12.2. The zero-order chi connectivity index (χ0) is 28.1. The Kier molecular flexibility index (Phi) is 9.10. The third-order valence-corrected chi connectivity index (χ3v) is 7.54. The molecule has 3 amide bonds. The third kappa shape index (κ3) is 7.08. The highest BCUT2D eigenvalue weighted by Gasteiger charge is 2.36. The lowest BCUT2D eigenvalue weighted by Crippen LogP contribution is -2.36. The van der Waals surface area contributed by atoms with Crippen molar-refractivity contribution >= 4 is 78.4 Å². The van der Waals surface area contributed by atoms with Gasteiger partial charge in [0.1, 0.15) is 24.7 Å². The molecule has 39 heavy (non-hydrogen) atoms. The van der Waals surface area contributed by atoms with Crippen LogP contribution in [0, 0.1) is 0 Å². The summed E-state index contributed by atoms with van der Waals surface area (Å²) in [6.07, 6.45) is 1.57. The van der Waals surface area contributed by atoms with E-state index in [0.29, 0.717) is 31.7 Å². The number of rotatable bonds is 9. The second kappa shape index (κ2) is 12.5. The van der Waals surface area contributed by atoms with Gasteiger partial charge in [0, 0.05) is 5.69 Å². The number of imide groups is 1. The molecule has 0 atom stereocenters. The first-order chi connectivity index (χ1) is 18.6. The smallest absolute Gasteiger partial charge is 0.335 e. The first-order valence-electron chi connectivity index (χ1n) is 11.3. The predicted molar refractivity (Wildman–Crippen MR) is 154 cm³/mol. The number of hydrogen-bond acceptors (Lipinski definition) is 7. The molecule has 1 aliphatic rings. The van der Waals surface area contributed by atoms with Crippen LogP contribution in [-0.4, -0.2) is 46.7 Å². The molecule has 2 N–H and O–H groups in total. The standard InChI is InChI=1S/C27H20Br2N2O7S/c1-37-19-8-6-18(7-9-19)30-23(32)13-31-25(33)22(39-27(31)36)12-16-10-20(28)24(21(29)11-16)38-14-15-2-4-17(5-3-15)26(34)35/h2-12H,13-14H2,1H3,(H,30,32)(H,34,35)/b22-12+. The lowest BCUT2D eigenvalue weighted by Gasteiger charge is -2.13. The van der Waals surface area contributed by atoms with Gasteiger partial charge in [0.05, 0.1) is 26.5 Å². The van der Waals surface area contributed by atoms with Gasteiger partial charge in [-0.1, -0.05) is 12.1 Å². The van der Waals surface area contributed by atoms with Crippen LogP contribution in [0.3, 0.4) is 0 Å². The number of thioether (sulfide) groups is 1. The Bertz CT molecular complexity index is 1450. The van der Waals surface area contributed by atoms with Gasteiger partial charge >= 0.3 is 5.97 Å². The van der Waals surface area contributed by atoms with Crippen molar-refractivity contribution in [3.8, 4) is 11.5 Å². The summed E-state index contributed by atoms with van der Waals surface area (Å²) in [5.74, 6) is -0.925. The second-order valence-electron chi connectivity index (χ2n) is 8.15. The molecule has 0 aliphatic carbocycles. The Morgan fingerprint density at radius 3 is 2.26 bits per heavy atom. The summed E-state index contributed by atoms with van der Waals surface area (Å²) >= 11 is 7.70. The molecule has 3 aromatic rings. The van der Waals surface area contributed by atoms with Gasteiger partial charge in [-0.2, -0.15) is 0 Å². The lowest BCUT2D eigenvalue weighted by molar-refractivity contribution is -0.127. The predicted octanol–water partition coefficient (Wildman–Crippen LogP) is 6.17. The molecule has 200 valence electrons. The van der Waals surface area contributed by atoms with Gasteiger partial charge < -0.3 is 19.9 Å². The maximum absolute atomic E-state index is 12.9. The third-order valence-electron chi connectivity index (χ3n) is 5.45. The number of hydrogen-bond donors (Lipinski definition) is 2. The van der Waals surface area contributed by atoms with Gasteiger partial charge in [-0.05, 0) is 109 Å². The van der Waals surface area contributed by atoms with E-state index in [1.165, 1.54) is 19.2 Å². The SMILES string of the molecule is COc1ccc(NC(=O)CN2C(=O)S/C(=C/c3cc(Br)c(OCc4ccc(C(=O)O)cc4)c(Br)c3)C2=O)cc1. The van der Waals surface area contributed by atoms with Crippen LogP contribution in [0.25, 0.3) is 6.08 Å². The number of halogens is 2. The number of carboxylic acids is 1. The van der Waals surface area contributed by atoms with E-state index in [4.69, 9.17) is 14.6 Å². The van der Waals surface area contributed by atoms with Crippen LogP contribution in [-0.2, 0) is 16.2 Å². The summed E-state index contributed by atoms with van der Waals surface area (Å²) in [6.45, 7) is -0.213. The van der Waals surface area contributed by atoms with Crippen LogP contribution >= 0.6 is 43.6 Å². The number of nitrogens with zero attached hydrogens (tertiary/aromatic N) is 1. The zero-order valence-electron chi connectivity index (χ0n) is 20.3. The second-order valence-corrected chi connectivity index (χ2v) is 10.9. The minimum atomic E-state index is -1.00. The van der Waals surface area contributed by atoms with Gasteiger partial charge in [-0.25, -0.2) is 4.79 Å². The number of carbonyl (C=O) groups excluding carboxylic acids is 3. The molecule has 3 aromatic carbocycles. The molecule has 9 nitrogen and oxygen atoms in total. The molecule has 0 aromatic heterocycles. The van der Waals surface area contributed by atoms with Crippen molar-refractivity contribution in [2.45, 2.75) is 6.61 Å². The maximum Gasteiger partial charge on any atom is 0.335 e. The Balaban J connectivity index is 1.41. The van der Waals surface area contributed by atoms with Crippen molar-refractivity contribution in [1.29, 1.82) is 0 Å². The fourth-order valence-electron chi connectivity index (χ4n) is 3.51. The minimum Gasteiger partial charge on any atom is -0.497 e. The molecule has 1 aliphatic heterocycles. The normalized spacial score (nSPS) is 14.0.